The van der Waals surface area contributed by atoms with Crippen LogP contribution in [0.4, 0.5) is 0 Å². The average molecular weight is 383 g/mol. The third kappa shape index (κ3) is 4.11. The Hall–Kier alpha value is -0.711. The molecule has 0 amide bonds. The van der Waals surface area contributed by atoms with Crippen molar-refractivity contribution in [2.75, 3.05) is 0 Å². The molecule has 15 heavy (non-hydrogen) atoms. The minimum absolute atomic E-state index is 0.189. The van der Waals surface area contributed by atoms with Crippen molar-refractivity contribution in [3.05, 3.63) is 22.8 Å². The van der Waals surface area contributed by atoms with Gasteiger partial charge >= 0.3 is 35.2 Å². The van der Waals surface area contributed by atoms with Gasteiger partial charge in [-0.15, -0.1) is 6.92 Å². The molecule has 0 fully saturated rings. The summed E-state index contributed by atoms with van der Waals surface area (Å²) in [5, 5.41) is 0. The maximum atomic E-state index is 9.07. The Bertz CT molecular complexity index is 399. The Morgan fingerprint density at radius 2 is 1.60 bits per heavy atom. The fourth-order valence-corrected chi connectivity index (χ4v) is 1.52. The fraction of sp³-hybridized carbons (Fsp3) is 0.500. The molecule has 0 atom stereocenters. The van der Waals surface area contributed by atoms with E-state index in [0.29, 0.717) is 0 Å². The summed E-state index contributed by atoms with van der Waals surface area (Å²) in [6.45, 7) is 10.9. The molecular weight excluding hydrogens is 368 g/mol. The van der Waals surface area contributed by atoms with Crippen LogP contribution in [-0.2, 0) is 26.4 Å². The van der Waals surface area contributed by atoms with Crippen molar-refractivity contribution in [2.45, 2.75) is 34.6 Å². The van der Waals surface area contributed by atoms with Crippen molar-refractivity contribution in [1.29, 1.82) is 0 Å². The van der Waals surface area contributed by atoms with E-state index >= 15 is 0 Å². The van der Waals surface area contributed by atoms with Gasteiger partial charge in [0.05, 0.1) is 0 Å². The normalized spacial score (nSPS) is 17.3. The van der Waals surface area contributed by atoms with Crippen molar-refractivity contribution >= 4 is 8.79 Å². The van der Waals surface area contributed by atoms with Crippen LogP contribution in [0.15, 0.2) is 16.7 Å². The zero-order valence-corrected chi connectivity index (χ0v) is 12.0. The summed E-state index contributed by atoms with van der Waals surface area (Å²) in [7, 11) is 0. The first-order valence-electron chi connectivity index (χ1n) is 4.49. The quantitative estimate of drug-likeness (QED) is 0.602. The number of rotatable bonds is 0. The summed E-state index contributed by atoms with van der Waals surface area (Å²) in [6.07, 6.45) is 3.44. The van der Waals surface area contributed by atoms with Crippen molar-refractivity contribution < 1.29 is 26.4 Å². The summed E-state index contributed by atoms with van der Waals surface area (Å²) in [6, 6.07) is 0. The first kappa shape index (κ1) is 14.3. The van der Waals surface area contributed by atoms with Gasteiger partial charge in [0, 0.05) is 0 Å². The predicted octanol–water partition coefficient (Wildman–Crippen LogP) is 2.32. The van der Waals surface area contributed by atoms with Crippen LogP contribution < -0.4 is 0 Å². The van der Waals surface area contributed by atoms with Crippen molar-refractivity contribution in [1.82, 2.24) is 0 Å². The summed E-state index contributed by atoms with van der Waals surface area (Å²) in [5.41, 5.74) is 4.39. The van der Waals surface area contributed by atoms with E-state index < -0.39 is 16.8 Å². The van der Waals surface area contributed by atoms with Gasteiger partial charge in [-0.1, -0.05) is 33.1 Å². The topological polar surface area (TPSA) is 34.1 Å². The Balaban J connectivity index is 0.000000336. The van der Waals surface area contributed by atoms with Crippen LogP contribution in [0.1, 0.15) is 34.6 Å². The summed E-state index contributed by atoms with van der Waals surface area (Å²) < 4.78 is 2.94. The molecule has 0 unspecified atom stereocenters. The molecule has 2 nitrogen and oxygen atoms in total. The van der Waals surface area contributed by atoms with Gasteiger partial charge in [0.25, 0.3) is 0 Å². The van der Waals surface area contributed by atoms with Crippen LogP contribution in [0.2, 0.25) is 0 Å². The fourth-order valence-electron chi connectivity index (χ4n) is 1.42. The number of hydrogen-bond acceptors (Lipinski definition) is 2. The van der Waals surface area contributed by atoms with E-state index in [0.717, 1.165) is 0 Å². The van der Waals surface area contributed by atoms with E-state index in [4.69, 9.17) is 9.59 Å². The second-order valence-corrected chi connectivity index (χ2v) is 5.42. The van der Waals surface area contributed by atoms with Gasteiger partial charge in [-0.2, -0.15) is 11.1 Å². The molecule has 0 saturated heterocycles. The van der Waals surface area contributed by atoms with Crippen LogP contribution in [0.3, 0.4) is 0 Å². The standard InChI is InChI=1S/C10H15.2CO.Ir/c1-7-6-10(4,5)9(3)8(7)2;2*1-2;/h1-5H3;;;/q-1;;;. The van der Waals surface area contributed by atoms with Crippen LogP contribution in [0.25, 0.3) is 0 Å². The monoisotopic (exact) mass is 384 g/mol. The van der Waals surface area contributed by atoms with Gasteiger partial charge in [-0.3, -0.25) is 6.08 Å². The van der Waals surface area contributed by atoms with Gasteiger partial charge in [0.2, 0.25) is 0 Å². The Kier molecular flexibility index (Phi) is 5.72. The molecule has 0 spiro atoms. The first-order valence-corrected chi connectivity index (χ1v) is 6.89. The average Bonchev–Trinajstić information content (AvgIpc) is 2.32. The third-order valence-corrected chi connectivity index (χ3v) is 3.12. The second-order valence-electron chi connectivity index (χ2n) is 3.84. The zero-order valence-electron chi connectivity index (χ0n) is 9.65. The Labute approximate surface area is 98.1 Å². The molecule has 0 bridgehead atoms. The van der Waals surface area contributed by atoms with Crippen molar-refractivity contribution in [3.8, 4) is 0 Å². The molecule has 1 aliphatic rings. The molecule has 3 heteroatoms. The molecule has 0 radical (unpaired) electrons. The van der Waals surface area contributed by atoms with E-state index in [1.165, 1.54) is 25.5 Å². The van der Waals surface area contributed by atoms with Gasteiger partial charge in [0.15, 0.2) is 0 Å². The van der Waals surface area contributed by atoms with E-state index in [2.05, 4.69) is 40.7 Å². The van der Waals surface area contributed by atoms with Gasteiger partial charge in [-0.25, -0.2) is 5.57 Å². The molecule has 85 valence electrons. The third-order valence-electron chi connectivity index (χ3n) is 2.63. The minimum atomic E-state index is -1.08. The molecule has 0 aromatic heterocycles. The van der Waals surface area contributed by atoms with Crippen LogP contribution >= 0.6 is 0 Å². The van der Waals surface area contributed by atoms with E-state index in [1.807, 2.05) is 0 Å². The zero-order chi connectivity index (χ0) is 12.1. The van der Waals surface area contributed by atoms with E-state index in [-0.39, 0.29) is 5.41 Å². The maximum absolute atomic E-state index is 9.07. The SMILES string of the molecule is CC1=[C-]C(C)(C)C(C)=C1C.O=[C]=[Ir]=[C]=O. The van der Waals surface area contributed by atoms with Gasteiger partial charge < -0.3 is 0 Å². The molecule has 0 aromatic rings. The van der Waals surface area contributed by atoms with E-state index in [1.54, 1.807) is 0 Å². The molecule has 1 rings (SSSR count). The molecular formula is C12H15IrO2-. The molecule has 0 N–H and O–H groups in total. The van der Waals surface area contributed by atoms with Gasteiger partial charge in [0.1, 0.15) is 0 Å². The summed E-state index contributed by atoms with van der Waals surface area (Å²) >= 11 is -1.08. The number of allylic oxidation sites excluding steroid dienone is 4. The van der Waals surface area contributed by atoms with E-state index in [9.17, 15) is 0 Å². The van der Waals surface area contributed by atoms with Crippen LogP contribution in [0, 0.1) is 11.5 Å². The molecule has 0 saturated carbocycles. The number of carbonyl (C=O) groups excluding carboxylic acids is 2. The first-order chi connectivity index (χ1) is 6.86. The van der Waals surface area contributed by atoms with Crippen LogP contribution in [0.5, 0.6) is 0 Å². The molecule has 0 aromatic carbocycles. The number of hydrogen-bond donors (Lipinski definition) is 0. The second kappa shape index (κ2) is 6.00. The van der Waals surface area contributed by atoms with Crippen molar-refractivity contribution in [2.24, 2.45) is 5.41 Å². The Morgan fingerprint density at radius 1 is 1.13 bits per heavy atom. The van der Waals surface area contributed by atoms with Crippen molar-refractivity contribution in [3.63, 3.8) is 0 Å². The predicted molar refractivity (Wildman–Crippen MR) is 56.0 cm³/mol. The van der Waals surface area contributed by atoms with Gasteiger partial charge in [-0.05, 0) is 0 Å². The summed E-state index contributed by atoms with van der Waals surface area (Å²) in [5.74, 6) is 0. The summed E-state index contributed by atoms with van der Waals surface area (Å²) in [4.78, 5) is 18.1. The molecule has 0 heterocycles. The van der Waals surface area contributed by atoms with Crippen LogP contribution in [-0.4, -0.2) is 8.79 Å². The molecule has 1 aliphatic carbocycles. The molecule has 0 aliphatic heterocycles. The Morgan fingerprint density at radius 3 is 1.67 bits per heavy atom.